The van der Waals surface area contributed by atoms with Crippen molar-refractivity contribution >= 4 is 34.1 Å². The maximum atomic E-state index is 7.73. The predicted molar refractivity (Wildman–Crippen MR) is 89.1 cm³/mol. The number of thioether (sulfide) groups is 1. The summed E-state index contributed by atoms with van der Waals surface area (Å²) in [6.07, 6.45) is 0. The SMILES string of the molecule is CC1CSCCN1c1ccc(C(=N)N)c2ccccc12. The molecule has 4 heteroatoms. The monoisotopic (exact) mass is 285 g/mol. The summed E-state index contributed by atoms with van der Waals surface area (Å²) in [4.78, 5) is 2.47. The number of amidine groups is 1. The molecule has 2 aromatic rings. The van der Waals surface area contributed by atoms with Crippen LogP contribution in [0.5, 0.6) is 0 Å². The van der Waals surface area contributed by atoms with E-state index in [9.17, 15) is 0 Å². The number of benzene rings is 2. The molecule has 1 aliphatic rings. The number of anilines is 1. The van der Waals surface area contributed by atoms with Crippen LogP contribution in [0.2, 0.25) is 0 Å². The lowest BCUT2D eigenvalue weighted by molar-refractivity contribution is 0.702. The zero-order chi connectivity index (χ0) is 14.1. The van der Waals surface area contributed by atoms with E-state index < -0.39 is 0 Å². The van der Waals surface area contributed by atoms with Gasteiger partial charge in [-0.05, 0) is 24.4 Å². The van der Waals surface area contributed by atoms with Gasteiger partial charge in [-0.15, -0.1) is 0 Å². The highest BCUT2D eigenvalue weighted by atomic mass is 32.2. The minimum absolute atomic E-state index is 0.134. The molecule has 0 saturated carbocycles. The molecule has 1 unspecified atom stereocenters. The van der Waals surface area contributed by atoms with Crippen LogP contribution < -0.4 is 10.6 Å². The van der Waals surface area contributed by atoms with Crippen molar-refractivity contribution in [3.05, 3.63) is 42.0 Å². The predicted octanol–water partition coefficient (Wildman–Crippen LogP) is 3.07. The highest BCUT2D eigenvalue weighted by Gasteiger charge is 2.21. The van der Waals surface area contributed by atoms with Gasteiger partial charge in [-0.25, -0.2) is 0 Å². The maximum absolute atomic E-state index is 7.73. The molecule has 0 aliphatic carbocycles. The van der Waals surface area contributed by atoms with Crippen LogP contribution in [0.25, 0.3) is 10.8 Å². The van der Waals surface area contributed by atoms with Crippen molar-refractivity contribution in [1.29, 1.82) is 5.41 Å². The van der Waals surface area contributed by atoms with E-state index >= 15 is 0 Å². The minimum atomic E-state index is 0.134. The van der Waals surface area contributed by atoms with Gasteiger partial charge in [0.05, 0.1) is 0 Å². The standard InChI is InChI=1S/C16H19N3S/c1-11-10-20-9-8-19(11)15-7-6-14(16(17)18)12-4-2-3-5-13(12)15/h2-7,11H,8-10H2,1H3,(H3,17,18). The second-order valence-electron chi connectivity index (χ2n) is 5.21. The smallest absolute Gasteiger partial charge is 0.123 e. The van der Waals surface area contributed by atoms with Crippen molar-refractivity contribution in [3.63, 3.8) is 0 Å². The average Bonchev–Trinajstić information content (AvgIpc) is 2.46. The fourth-order valence-corrected chi connectivity index (χ4v) is 3.87. The van der Waals surface area contributed by atoms with E-state index in [1.165, 1.54) is 22.6 Å². The van der Waals surface area contributed by atoms with Crippen LogP contribution in [0.1, 0.15) is 12.5 Å². The fourth-order valence-electron chi connectivity index (χ4n) is 2.85. The Morgan fingerprint density at radius 2 is 2.00 bits per heavy atom. The van der Waals surface area contributed by atoms with Crippen LogP contribution in [0.15, 0.2) is 36.4 Å². The molecule has 104 valence electrons. The minimum Gasteiger partial charge on any atom is -0.384 e. The van der Waals surface area contributed by atoms with Crippen molar-refractivity contribution in [1.82, 2.24) is 0 Å². The molecule has 1 saturated heterocycles. The molecule has 3 nitrogen and oxygen atoms in total. The third kappa shape index (κ3) is 2.24. The van der Waals surface area contributed by atoms with Gasteiger partial charge < -0.3 is 10.6 Å². The molecule has 1 fully saturated rings. The Morgan fingerprint density at radius 1 is 1.25 bits per heavy atom. The first kappa shape index (κ1) is 13.3. The van der Waals surface area contributed by atoms with E-state index in [1.54, 1.807) is 0 Å². The first-order chi connectivity index (χ1) is 9.68. The fraction of sp³-hybridized carbons (Fsp3) is 0.312. The zero-order valence-corrected chi connectivity index (χ0v) is 12.4. The van der Waals surface area contributed by atoms with Gasteiger partial charge in [0, 0.05) is 40.7 Å². The molecular weight excluding hydrogens is 266 g/mol. The van der Waals surface area contributed by atoms with Crippen molar-refractivity contribution in [2.75, 3.05) is 23.0 Å². The Labute approximate surface area is 123 Å². The van der Waals surface area contributed by atoms with Gasteiger partial charge in [0.15, 0.2) is 0 Å². The van der Waals surface area contributed by atoms with Crippen molar-refractivity contribution in [3.8, 4) is 0 Å². The van der Waals surface area contributed by atoms with E-state index in [4.69, 9.17) is 11.1 Å². The Balaban J connectivity index is 2.17. The lowest BCUT2D eigenvalue weighted by Crippen LogP contribution is -2.40. The summed E-state index contributed by atoms with van der Waals surface area (Å²) < 4.78 is 0. The van der Waals surface area contributed by atoms with E-state index in [-0.39, 0.29) is 5.84 Å². The quantitative estimate of drug-likeness (QED) is 0.658. The maximum Gasteiger partial charge on any atom is 0.123 e. The largest absolute Gasteiger partial charge is 0.384 e. The topological polar surface area (TPSA) is 53.1 Å². The van der Waals surface area contributed by atoms with Gasteiger partial charge in [-0.1, -0.05) is 24.3 Å². The van der Waals surface area contributed by atoms with E-state index in [2.05, 4.69) is 36.1 Å². The van der Waals surface area contributed by atoms with E-state index in [0.29, 0.717) is 6.04 Å². The van der Waals surface area contributed by atoms with Crippen LogP contribution in [0, 0.1) is 5.41 Å². The molecule has 3 rings (SSSR count). The van der Waals surface area contributed by atoms with Crippen LogP contribution in [-0.2, 0) is 0 Å². The Kier molecular flexibility index (Phi) is 3.57. The molecule has 0 amide bonds. The Morgan fingerprint density at radius 3 is 2.70 bits per heavy atom. The highest BCUT2D eigenvalue weighted by Crippen LogP contribution is 2.32. The highest BCUT2D eigenvalue weighted by molar-refractivity contribution is 7.99. The van der Waals surface area contributed by atoms with E-state index in [0.717, 1.165) is 17.5 Å². The average molecular weight is 285 g/mol. The summed E-state index contributed by atoms with van der Waals surface area (Å²) in [7, 11) is 0. The number of nitrogen functional groups attached to an aromatic ring is 1. The number of hydrogen-bond acceptors (Lipinski definition) is 3. The molecule has 1 heterocycles. The first-order valence-corrected chi connectivity index (χ1v) is 8.04. The van der Waals surface area contributed by atoms with Crippen molar-refractivity contribution < 1.29 is 0 Å². The van der Waals surface area contributed by atoms with Gasteiger partial charge in [-0.2, -0.15) is 11.8 Å². The molecule has 0 spiro atoms. The van der Waals surface area contributed by atoms with Gasteiger partial charge in [0.25, 0.3) is 0 Å². The summed E-state index contributed by atoms with van der Waals surface area (Å²) in [5.74, 6) is 2.48. The zero-order valence-electron chi connectivity index (χ0n) is 11.6. The first-order valence-electron chi connectivity index (χ1n) is 6.89. The number of nitrogens with two attached hydrogens (primary N) is 1. The molecule has 0 aromatic heterocycles. The van der Waals surface area contributed by atoms with Gasteiger partial charge in [-0.3, -0.25) is 5.41 Å². The van der Waals surface area contributed by atoms with Gasteiger partial charge in [0.1, 0.15) is 5.84 Å². The molecule has 0 bridgehead atoms. The number of fused-ring (bicyclic) bond motifs is 1. The Hall–Kier alpha value is -1.68. The summed E-state index contributed by atoms with van der Waals surface area (Å²) in [6, 6.07) is 12.9. The molecule has 1 aliphatic heterocycles. The molecular formula is C16H19N3S. The number of nitrogens with one attached hydrogen (secondary N) is 1. The van der Waals surface area contributed by atoms with Crippen LogP contribution >= 0.6 is 11.8 Å². The lowest BCUT2D eigenvalue weighted by atomic mass is 10.0. The third-order valence-electron chi connectivity index (χ3n) is 3.87. The van der Waals surface area contributed by atoms with Crippen LogP contribution in [0.3, 0.4) is 0 Å². The summed E-state index contributed by atoms with van der Waals surface area (Å²) >= 11 is 2.02. The van der Waals surface area contributed by atoms with Gasteiger partial charge >= 0.3 is 0 Å². The summed E-state index contributed by atoms with van der Waals surface area (Å²) in [6.45, 7) is 3.36. The number of nitrogens with zero attached hydrogens (tertiary/aromatic N) is 1. The molecule has 20 heavy (non-hydrogen) atoms. The summed E-state index contributed by atoms with van der Waals surface area (Å²) in [5, 5.41) is 10.00. The lowest BCUT2D eigenvalue weighted by Gasteiger charge is -2.36. The summed E-state index contributed by atoms with van der Waals surface area (Å²) in [5.41, 5.74) is 7.79. The normalized spacial score (nSPS) is 19.2. The molecule has 2 aromatic carbocycles. The van der Waals surface area contributed by atoms with Crippen molar-refractivity contribution in [2.45, 2.75) is 13.0 Å². The van der Waals surface area contributed by atoms with Crippen molar-refractivity contribution in [2.24, 2.45) is 5.73 Å². The Bertz CT molecular complexity index is 653. The molecule has 1 atom stereocenters. The van der Waals surface area contributed by atoms with Gasteiger partial charge in [0.2, 0.25) is 0 Å². The molecule has 0 radical (unpaired) electrons. The number of hydrogen-bond donors (Lipinski definition) is 2. The number of rotatable bonds is 2. The molecule has 3 N–H and O–H groups in total. The van der Waals surface area contributed by atoms with Crippen LogP contribution in [0.4, 0.5) is 5.69 Å². The third-order valence-corrected chi connectivity index (χ3v) is 5.06. The second kappa shape index (κ2) is 5.37. The van der Waals surface area contributed by atoms with E-state index in [1.807, 2.05) is 23.9 Å². The van der Waals surface area contributed by atoms with Crippen LogP contribution in [-0.4, -0.2) is 29.9 Å². The second-order valence-corrected chi connectivity index (χ2v) is 6.36.